The molecular formula is C53H35NO. The average Bonchev–Trinajstić information content (AvgIpc) is 3.55. The van der Waals surface area contributed by atoms with Crippen molar-refractivity contribution in [2.45, 2.75) is 5.41 Å². The van der Waals surface area contributed by atoms with Gasteiger partial charge in [-0.05, 0) is 104 Å². The van der Waals surface area contributed by atoms with E-state index < -0.39 is 5.41 Å². The van der Waals surface area contributed by atoms with E-state index in [0.717, 1.165) is 39.7 Å². The molecule has 0 bridgehead atoms. The smallest absolute Gasteiger partial charge is 0.132 e. The molecule has 2 aliphatic rings. The van der Waals surface area contributed by atoms with Crippen molar-refractivity contribution in [3.05, 3.63) is 235 Å². The summed E-state index contributed by atoms with van der Waals surface area (Å²) in [5.74, 6) is 1.78. The second-order valence-electron chi connectivity index (χ2n) is 14.5. The molecule has 0 saturated carbocycles. The molecule has 9 aromatic rings. The fourth-order valence-corrected chi connectivity index (χ4v) is 9.15. The van der Waals surface area contributed by atoms with Gasteiger partial charge in [0, 0.05) is 28.2 Å². The molecule has 9 aromatic carbocycles. The topological polar surface area (TPSA) is 12.5 Å². The quantitative estimate of drug-likeness (QED) is 0.177. The maximum absolute atomic E-state index is 6.70. The molecule has 1 spiro atoms. The maximum Gasteiger partial charge on any atom is 0.132 e. The lowest BCUT2D eigenvalue weighted by molar-refractivity contribution is 0.436. The van der Waals surface area contributed by atoms with E-state index >= 15 is 0 Å². The number of hydrogen-bond acceptors (Lipinski definition) is 2. The minimum atomic E-state index is -0.598. The summed E-state index contributed by atoms with van der Waals surface area (Å²) in [5, 5.41) is 2.49. The predicted molar refractivity (Wildman–Crippen MR) is 227 cm³/mol. The molecule has 2 nitrogen and oxygen atoms in total. The van der Waals surface area contributed by atoms with E-state index in [0.29, 0.717) is 0 Å². The molecule has 0 N–H and O–H groups in total. The number of benzene rings is 9. The van der Waals surface area contributed by atoms with Crippen molar-refractivity contribution in [3.63, 3.8) is 0 Å². The molecule has 0 atom stereocenters. The van der Waals surface area contributed by atoms with E-state index in [1.807, 2.05) is 0 Å². The zero-order chi connectivity index (χ0) is 36.3. The Labute approximate surface area is 321 Å². The van der Waals surface area contributed by atoms with E-state index in [4.69, 9.17) is 4.74 Å². The Morgan fingerprint density at radius 3 is 1.51 bits per heavy atom. The maximum atomic E-state index is 6.70. The first-order valence-electron chi connectivity index (χ1n) is 18.9. The zero-order valence-electron chi connectivity index (χ0n) is 30.1. The van der Waals surface area contributed by atoms with Crippen LogP contribution >= 0.6 is 0 Å². The van der Waals surface area contributed by atoms with Crippen molar-refractivity contribution in [3.8, 4) is 44.9 Å². The van der Waals surface area contributed by atoms with E-state index in [9.17, 15) is 0 Å². The summed E-state index contributed by atoms with van der Waals surface area (Å²) in [6.07, 6.45) is 0. The molecular weight excluding hydrogens is 667 g/mol. The minimum absolute atomic E-state index is 0.598. The summed E-state index contributed by atoms with van der Waals surface area (Å²) < 4.78 is 6.70. The lowest BCUT2D eigenvalue weighted by Crippen LogP contribution is -2.32. The summed E-state index contributed by atoms with van der Waals surface area (Å²) in [7, 11) is 0. The number of rotatable bonds is 5. The van der Waals surface area contributed by atoms with Crippen LogP contribution in [-0.4, -0.2) is 0 Å². The van der Waals surface area contributed by atoms with Crippen molar-refractivity contribution < 1.29 is 4.74 Å². The molecule has 0 radical (unpaired) electrons. The summed E-state index contributed by atoms with van der Waals surface area (Å²) in [6, 6.07) is 76.9. The molecule has 1 heterocycles. The van der Waals surface area contributed by atoms with Crippen LogP contribution in [0.4, 0.5) is 17.1 Å². The lowest BCUT2D eigenvalue weighted by Gasteiger charge is -2.39. The van der Waals surface area contributed by atoms with Gasteiger partial charge in [0.25, 0.3) is 0 Å². The van der Waals surface area contributed by atoms with E-state index in [1.165, 1.54) is 55.3 Å². The standard InChI is InChI=1S/C53H35NO/c1-3-15-36(16-4-1)39-20-13-22-41(33-39)54(42-23-14-21-40(34-42)37-17-5-2-6-18-37)43-30-31-45-49(35-43)53(48-32-29-38-19-7-8-24-44(38)52(45)48)46-25-9-11-27-50(46)55-51-28-12-10-26-47(51)53/h1-35H. The molecule has 55 heavy (non-hydrogen) atoms. The van der Waals surface area contributed by atoms with Gasteiger partial charge >= 0.3 is 0 Å². The van der Waals surface area contributed by atoms with Crippen LogP contribution in [0.25, 0.3) is 44.2 Å². The third-order valence-electron chi connectivity index (χ3n) is 11.5. The van der Waals surface area contributed by atoms with Crippen molar-refractivity contribution in [1.82, 2.24) is 0 Å². The highest BCUT2D eigenvalue weighted by molar-refractivity contribution is 6.05. The van der Waals surface area contributed by atoms with E-state index in [-0.39, 0.29) is 0 Å². The summed E-state index contributed by atoms with van der Waals surface area (Å²) in [4.78, 5) is 2.42. The molecule has 2 heteroatoms. The van der Waals surface area contributed by atoms with Crippen LogP contribution in [0.15, 0.2) is 212 Å². The van der Waals surface area contributed by atoms with Gasteiger partial charge in [-0.25, -0.2) is 0 Å². The zero-order valence-corrected chi connectivity index (χ0v) is 30.1. The van der Waals surface area contributed by atoms with Gasteiger partial charge in [0.15, 0.2) is 0 Å². The van der Waals surface area contributed by atoms with Gasteiger partial charge in [0.05, 0.1) is 5.41 Å². The number of fused-ring (bicyclic) bond motifs is 11. The summed E-state index contributed by atoms with van der Waals surface area (Å²) in [6.45, 7) is 0. The van der Waals surface area contributed by atoms with Crippen LogP contribution in [0.1, 0.15) is 22.3 Å². The minimum Gasteiger partial charge on any atom is -0.457 e. The third-order valence-corrected chi connectivity index (χ3v) is 11.5. The molecule has 0 amide bonds. The molecule has 1 aliphatic carbocycles. The molecule has 0 fully saturated rings. The highest BCUT2D eigenvalue weighted by atomic mass is 16.5. The van der Waals surface area contributed by atoms with Crippen molar-refractivity contribution in [2.75, 3.05) is 4.90 Å². The largest absolute Gasteiger partial charge is 0.457 e. The van der Waals surface area contributed by atoms with Crippen molar-refractivity contribution in [2.24, 2.45) is 0 Å². The van der Waals surface area contributed by atoms with Crippen LogP contribution in [0.5, 0.6) is 11.5 Å². The van der Waals surface area contributed by atoms with Crippen molar-refractivity contribution in [1.29, 1.82) is 0 Å². The fraction of sp³-hybridized carbons (Fsp3) is 0.0189. The number of para-hydroxylation sites is 2. The molecule has 11 rings (SSSR count). The number of hydrogen-bond donors (Lipinski definition) is 0. The Balaban J connectivity index is 1.21. The van der Waals surface area contributed by atoms with Gasteiger partial charge in [-0.3, -0.25) is 0 Å². The molecule has 258 valence electrons. The van der Waals surface area contributed by atoms with Crippen LogP contribution in [0, 0.1) is 0 Å². The van der Waals surface area contributed by atoms with E-state index in [2.05, 4.69) is 217 Å². The molecule has 0 aromatic heterocycles. The first kappa shape index (κ1) is 31.4. The Morgan fingerprint density at radius 2 is 0.873 bits per heavy atom. The second-order valence-corrected chi connectivity index (χ2v) is 14.5. The third kappa shape index (κ3) is 4.82. The lowest BCUT2D eigenvalue weighted by atomic mass is 9.66. The van der Waals surface area contributed by atoms with Gasteiger partial charge in [0.2, 0.25) is 0 Å². The molecule has 0 saturated heterocycles. The monoisotopic (exact) mass is 701 g/mol. The second kappa shape index (κ2) is 12.5. The van der Waals surface area contributed by atoms with Crippen LogP contribution < -0.4 is 9.64 Å². The summed E-state index contributed by atoms with van der Waals surface area (Å²) >= 11 is 0. The van der Waals surface area contributed by atoms with Gasteiger partial charge in [-0.1, -0.05) is 164 Å². The summed E-state index contributed by atoms with van der Waals surface area (Å²) in [5.41, 5.74) is 14.8. The highest BCUT2D eigenvalue weighted by Gasteiger charge is 2.51. The van der Waals surface area contributed by atoms with Crippen LogP contribution in [0.3, 0.4) is 0 Å². The Bertz CT molecular complexity index is 2780. The van der Waals surface area contributed by atoms with Gasteiger partial charge < -0.3 is 9.64 Å². The Hall–Kier alpha value is -7.16. The normalized spacial score (nSPS) is 13.0. The first-order valence-corrected chi connectivity index (χ1v) is 18.9. The predicted octanol–water partition coefficient (Wildman–Crippen LogP) is 14.1. The number of anilines is 3. The van der Waals surface area contributed by atoms with Crippen LogP contribution in [-0.2, 0) is 5.41 Å². The van der Waals surface area contributed by atoms with Crippen LogP contribution in [0.2, 0.25) is 0 Å². The Kier molecular flexibility index (Phi) is 7.11. The molecule has 1 aliphatic heterocycles. The SMILES string of the molecule is c1ccc(-c2cccc(N(c3cccc(-c4ccccc4)c3)c3ccc4c(c3)C3(c5ccccc5Oc5ccccc53)c3ccc5ccccc5c3-4)c2)cc1. The van der Waals surface area contributed by atoms with Crippen molar-refractivity contribution >= 4 is 27.8 Å². The fourth-order valence-electron chi connectivity index (χ4n) is 9.15. The number of ether oxygens (including phenoxy) is 1. The van der Waals surface area contributed by atoms with E-state index in [1.54, 1.807) is 0 Å². The molecule has 0 unspecified atom stereocenters. The van der Waals surface area contributed by atoms with Gasteiger partial charge in [0.1, 0.15) is 11.5 Å². The average molecular weight is 702 g/mol. The highest BCUT2D eigenvalue weighted by Crippen LogP contribution is 2.63. The Morgan fingerprint density at radius 1 is 0.345 bits per heavy atom. The van der Waals surface area contributed by atoms with Gasteiger partial charge in [-0.15, -0.1) is 0 Å². The first-order chi connectivity index (χ1) is 27.3. The van der Waals surface area contributed by atoms with Gasteiger partial charge in [-0.2, -0.15) is 0 Å². The number of nitrogens with zero attached hydrogens (tertiary/aromatic N) is 1.